The van der Waals surface area contributed by atoms with Crippen molar-refractivity contribution in [2.24, 2.45) is 5.92 Å². The van der Waals surface area contributed by atoms with Gasteiger partial charge in [-0.15, -0.1) is 0 Å². The highest BCUT2D eigenvalue weighted by atomic mass is 16.3. The predicted octanol–water partition coefficient (Wildman–Crippen LogP) is 2.34. The molecule has 0 bridgehead atoms. The second-order valence-corrected chi connectivity index (χ2v) is 3.29. The molecule has 0 heterocycles. The summed E-state index contributed by atoms with van der Waals surface area (Å²) in [5.41, 5.74) is 0.458. The molecule has 14 heavy (non-hydrogen) atoms. The molecule has 0 radical (unpaired) electrons. The van der Waals surface area contributed by atoms with Crippen LogP contribution in [0.15, 0.2) is 30.3 Å². The summed E-state index contributed by atoms with van der Waals surface area (Å²) in [5.74, 6) is -0.804. The largest absolute Gasteiger partial charge is 0.388 e. The smallest absolute Gasteiger partial charge is 0.138 e. The van der Waals surface area contributed by atoms with Gasteiger partial charge in [-0.3, -0.25) is 4.79 Å². The van der Waals surface area contributed by atoms with Crippen LogP contribution in [0.25, 0.3) is 0 Å². The molecule has 1 rings (SSSR count). The topological polar surface area (TPSA) is 37.3 Å². The van der Waals surface area contributed by atoms with Crippen molar-refractivity contribution in [2.75, 3.05) is 0 Å². The lowest BCUT2D eigenvalue weighted by Gasteiger charge is -2.17. The Kier molecular flexibility index (Phi) is 3.30. The van der Waals surface area contributed by atoms with E-state index in [0.29, 0.717) is 12.0 Å². The average molecular weight is 193 g/mol. The first kappa shape index (κ1) is 9.41. The van der Waals surface area contributed by atoms with Crippen LogP contribution in [0.3, 0.4) is 0 Å². The monoisotopic (exact) mass is 193 g/mol. The number of carbonyl (C=O) groups excluding carboxylic acids is 1. The molecule has 0 amide bonds. The molecule has 2 heteroatoms. The number of aliphatic hydroxyl groups is 1. The van der Waals surface area contributed by atoms with E-state index in [2.05, 4.69) is 0 Å². The van der Waals surface area contributed by atoms with Crippen LogP contribution < -0.4 is 0 Å². The normalized spacial score (nSPS) is 18.1. The maximum atomic E-state index is 11.5. The maximum Gasteiger partial charge on any atom is 0.138 e. The molecule has 0 aliphatic heterocycles. The van der Waals surface area contributed by atoms with E-state index >= 15 is 0 Å². The van der Waals surface area contributed by atoms with E-state index < -0.39 is 12.0 Å². The quantitative estimate of drug-likeness (QED) is 0.796. The van der Waals surface area contributed by atoms with Crippen molar-refractivity contribution in [2.45, 2.75) is 26.3 Å². The van der Waals surface area contributed by atoms with Crippen LogP contribution in [0.4, 0.5) is 0 Å². The van der Waals surface area contributed by atoms with Crippen LogP contribution in [-0.2, 0) is 4.79 Å². The number of Topliss-reactive ketones (excluding diaryl/α,β-unsaturated/α-hetero) is 1. The summed E-state index contributed by atoms with van der Waals surface area (Å²) in [5, 5.41) is 10.0. The molecule has 0 aliphatic carbocycles. The predicted molar refractivity (Wildman–Crippen MR) is 55.9 cm³/mol. The van der Waals surface area contributed by atoms with Gasteiger partial charge in [0.2, 0.25) is 0 Å². The SMILES string of the molecule is [2H][C@@](O)(c1ccccc1)C(C)C(=O)CC. The number of hydrogen-bond donors (Lipinski definition) is 1. The first-order valence-corrected chi connectivity index (χ1v) is 4.80. The zero-order valence-corrected chi connectivity index (χ0v) is 8.53. The van der Waals surface area contributed by atoms with Crippen molar-refractivity contribution in [1.29, 1.82) is 0 Å². The third-order valence-corrected chi connectivity index (χ3v) is 2.31. The molecular formula is C12H16O2. The molecule has 0 spiro atoms. The molecule has 1 unspecified atom stereocenters. The number of rotatable bonds is 4. The summed E-state index contributed by atoms with van der Waals surface area (Å²) < 4.78 is 7.84. The van der Waals surface area contributed by atoms with Gasteiger partial charge in [0.05, 0.1) is 7.45 Å². The van der Waals surface area contributed by atoms with Gasteiger partial charge in [-0.25, -0.2) is 0 Å². The minimum atomic E-state index is -1.83. The first-order chi connectivity index (χ1) is 7.00. The van der Waals surface area contributed by atoms with Crippen LogP contribution >= 0.6 is 0 Å². The molecule has 1 N–H and O–H groups in total. The third kappa shape index (κ3) is 2.42. The molecule has 2 atom stereocenters. The van der Waals surface area contributed by atoms with Gasteiger partial charge in [0.25, 0.3) is 0 Å². The van der Waals surface area contributed by atoms with E-state index in [4.69, 9.17) is 1.37 Å². The lowest BCUT2D eigenvalue weighted by atomic mass is 9.93. The van der Waals surface area contributed by atoms with Crippen LogP contribution in [0.2, 0.25) is 0 Å². The summed E-state index contributed by atoms with van der Waals surface area (Å²) in [7, 11) is 0. The van der Waals surface area contributed by atoms with Crippen molar-refractivity contribution in [3.63, 3.8) is 0 Å². The minimum Gasteiger partial charge on any atom is -0.388 e. The van der Waals surface area contributed by atoms with Crippen molar-refractivity contribution in [3.8, 4) is 0 Å². The zero-order chi connectivity index (χ0) is 11.5. The fraction of sp³-hybridized carbons (Fsp3) is 0.417. The van der Waals surface area contributed by atoms with Crippen LogP contribution in [-0.4, -0.2) is 10.9 Å². The van der Waals surface area contributed by atoms with Gasteiger partial charge in [-0.1, -0.05) is 44.2 Å². The zero-order valence-electron chi connectivity index (χ0n) is 9.53. The summed E-state index contributed by atoms with van der Waals surface area (Å²) in [6, 6.07) is 8.63. The molecule has 0 aliphatic rings. The minimum absolute atomic E-state index is 0.101. The van der Waals surface area contributed by atoms with E-state index in [0.717, 1.165) is 0 Å². The second-order valence-electron chi connectivity index (χ2n) is 3.29. The van der Waals surface area contributed by atoms with E-state index in [9.17, 15) is 9.90 Å². The van der Waals surface area contributed by atoms with Crippen LogP contribution in [0, 0.1) is 5.92 Å². The Labute approximate surface area is 86.0 Å². The van der Waals surface area contributed by atoms with Gasteiger partial charge in [-0.05, 0) is 5.56 Å². The van der Waals surface area contributed by atoms with Crippen molar-refractivity contribution >= 4 is 5.78 Å². The Morgan fingerprint density at radius 2 is 2.07 bits per heavy atom. The molecule has 1 aromatic rings. The summed E-state index contributed by atoms with van der Waals surface area (Å²) in [6.07, 6.45) is -1.48. The number of carbonyl (C=O) groups is 1. The Hall–Kier alpha value is -1.15. The van der Waals surface area contributed by atoms with Crippen molar-refractivity contribution in [3.05, 3.63) is 35.9 Å². The lowest BCUT2D eigenvalue weighted by Crippen LogP contribution is -2.18. The highest BCUT2D eigenvalue weighted by molar-refractivity contribution is 5.81. The van der Waals surface area contributed by atoms with Crippen molar-refractivity contribution < 1.29 is 11.3 Å². The summed E-state index contributed by atoms with van der Waals surface area (Å²) in [6.45, 7) is 3.33. The first-order valence-electron chi connectivity index (χ1n) is 5.30. The molecule has 0 saturated heterocycles. The Morgan fingerprint density at radius 1 is 1.50 bits per heavy atom. The number of benzene rings is 1. The maximum absolute atomic E-state index is 11.5. The molecule has 1 aromatic carbocycles. The molecular weight excluding hydrogens is 176 g/mol. The second kappa shape index (κ2) is 4.91. The standard InChI is InChI=1S/C12H16O2/c1-3-11(13)9(2)12(14)10-7-5-4-6-8-10/h4-9,12,14H,3H2,1-2H3/t9?,12-/m0/s1/i12D. The molecule has 0 saturated carbocycles. The van der Waals surface area contributed by atoms with E-state index in [-0.39, 0.29) is 5.78 Å². The van der Waals surface area contributed by atoms with E-state index in [1.54, 1.807) is 38.1 Å². The summed E-state index contributed by atoms with van der Waals surface area (Å²) >= 11 is 0. The van der Waals surface area contributed by atoms with E-state index in [1.807, 2.05) is 6.07 Å². The Balaban J connectivity index is 2.97. The number of ketones is 1. The molecule has 76 valence electrons. The van der Waals surface area contributed by atoms with E-state index in [1.165, 1.54) is 0 Å². The fourth-order valence-electron chi connectivity index (χ4n) is 1.32. The highest BCUT2D eigenvalue weighted by Gasteiger charge is 2.21. The lowest BCUT2D eigenvalue weighted by molar-refractivity contribution is -0.125. The molecule has 2 nitrogen and oxygen atoms in total. The highest BCUT2D eigenvalue weighted by Crippen LogP contribution is 2.22. The summed E-state index contributed by atoms with van der Waals surface area (Å²) in [4.78, 5) is 11.5. The molecule has 0 aromatic heterocycles. The van der Waals surface area contributed by atoms with Crippen LogP contribution in [0.5, 0.6) is 0 Å². The van der Waals surface area contributed by atoms with Gasteiger partial charge in [-0.2, -0.15) is 0 Å². The van der Waals surface area contributed by atoms with Crippen LogP contribution in [0.1, 0.15) is 33.3 Å². The fourth-order valence-corrected chi connectivity index (χ4v) is 1.32. The Bertz CT molecular complexity index is 333. The average Bonchev–Trinajstić information content (AvgIpc) is 2.28. The van der Waals surface area contributed by atoms with Gasteiger partial charge in [0.15, 0.2) is 0 Å². The molecule has 0 fully saturated rings. The van der Waals surface area contributed by atoms with Gasteiger partial charge >= 0.3 is 0 Å². The van der Waals surface area contributed by atoms with Gasteiger partial charge in [0.1, 0.15) is 5.78 Å². The Morgan fingerprint density at radius 3 is 2.57 bits per heavy atom. The van der Waals surface area contributed by atoms with Crippen molar-refractivity contribution in [1.82, 2.24) is 0 Å². The van der Waals surface area contributed by atoms with Gasteiger partial charge in [0, 0.05) is 12.3 Å². The third-order valence-electron chi connectivity index (χ3n) is 2.31. The van der Waals surface area contributed by atoms with Gasteiger partial charge < -0.3 is 5.11 Å². The number of hydrogen-bond acceptors (Lipinski definition) is 2.